The molecule has 145 heavy (non-hydrogen) atoms. The van der Waals surface area contributed by atoms with Gasteiger partial charge >= 0.3 is 29.8 Å². The van der Waals surface area contributed by atoms with Gasteiger partial charge in [0.25, 0.3) is 0 Å². The number of unbranched alkanes of at least 4 members (excludes halogenated alkanes) is 15. The molecule has 0 N–H and O–H groups in total. The highest BCUT2D eigenvalue weighted by Gasteiger charge is 2.29. The highest BCUT2D eigenvalue weighted by molar-refractivity contribution is 7.81. The van der Waals surface area contributed by atoms with Crippen LogP contribution in [0.1, 0.15) is 433 Å². The van der Waals surface area contributed by atoms with Crippen molar-refractivity contribution in [2.75, 3.05) is 0 Å². The second kappa shape index (κ2) is 70.0. The zero-order valence-corrected chi connectivity index (χ0v) is 91.0. The predicted molar refractivity (Wildman–Crippen MR) is 605 cm³/mol. The molecule has 5 aliphatic carbocycles. The number of thiol groups is 5. The minimum Gasteiger partial charge on any atom is -0.423 e. The maximum Gasteiger partial charge on any atom is 0.343 e. The highest BCUT2D eigenvalue weighted by Crippen LogP contribution is 2.44. The standard InChI is InChI=1S/5C25H32O2S.5FH/c5*1-2-3-4-5-6-19-7-9-20(10-8-19)21-11-13-22(14-12-21)25(26)27-23-15-17-24(28)18-16-23;;;;;/h5*11-20,28H,2-10H2,1H3;5*1H. The summed E-state index contributed by atoms with van der Waals surface area (Å²) in [4.78, 5) is 65.9. The Bertz CT molecular complexity index is 4430. The van der Waals surface area contributed by atoms with Gasteiger partial charge in [0, 0.05) is 24.5 Å². The summed E-state index contributed by atoms with van der Waals surface area (Å²) >= 11 is 21.2. The second-order valence-electron chi connectivity index (χ2n) is 40.4. The lowest BCUT2D eigenvalue weighted by molar-refractivity contribution is 0.0725. The second-order valence-corrected chi connectivity index (χ2v) is 42.9. The number of hydrogen-bond acceptors (Lipinski definition) is 15. The Morgan fingerprint density at radius 2 is 0.317 bits per heavy atom. The molecule has 0 unspecified atom stereocenters. The number of carbonyl (C=O) groups is 5. The van der Waals surface area contributed by atoms with E-state index in [-0.39, 0.29) is 53.4 Å². The molecule has 20 heteroatoms. The van der Waals surface area contributed by atoms with Gasteiger partial charge in [-0.05, 0) is 397 Å². The Balaban J connectivity index is 0.000000275. The molecule has 0 aliphatic heterocycles. The van der Waals surface area contributed by atoms with Gasteiger partial charge in [0.1, 0.15) is 28.7 Å². The molecule has 10 nitrogen and oxygen atoms in total. The maximum absolute atomic E-state index is 12.3. The van der Waals surface area contributed by atoms with Crippen LogP contribution in [0.25, 0.3) is 0 Å². The van der Waals surface area contributed by atoms with E-state index in [2.05, 4.69) is 158 Å². The highest BCUT2D eigenvalue weighted by atomic mass is 32.1. The van der Waals surface area contributed by atoms with Crippen molar-refractivity contribution in [3.63, 3.8) is 0 Å². The molecule has 15 rings (SSSR count). The van der Waals surface area contributed by atoms with Crippen LogP contribution >= 0.6 is 63.1 Å². The third-order valence-electron chi connectivity index (χ3n) is 29.9. The van der Waals surface area contributed by atoms with Gasteiger partial charge in [0.2, 0.25) is 0 Å². The first kappa shape index (κ1) is 125. The molecule has 5 aliphatic rings. The SMILES string of the molecule is CCCCCCC1CCC(c2ccc(C(=O)Oc3ccc(S)cc3)cc2)CC1.CCCCCCC1CCC(c2ccc(C(=O)Oc3ccc(S)cc3)cc2)CC1.CCCCCCC1CCC(c2ccc(C(=O)Oc3ccc(S)cc3)cc2)CC1.CCCCCCC1CCC(c2ccc(C(=O)Oc3ccc(S)cc3)cc2)CC1.CCCCCCC1CCC(c2ccc(C(=O)Oc3ccc(S)cc3)cc2)CC1.F.F.F.F.F. The molecule has 0 radical (unpaired) electrons. The van der Waals surface area contributed by atoms with Gasteiger partial charge in [-0.25, -0.2) is 24.0 Å². The zero-order chi connectivity index (χ0) is 98.8. The predicted octanol–water partition coefficient (Wildman–Crippen LogP) is 38.0. The molecule has 5 saturated carbocycles. The fourth-order valence-electron chi connectivity index (χ4n) is 21.1. The van der Waals surface area contributed by atoms with Crippen molar-refractivity contribution in [3.05, 3.63) is 298 Å². The summed E-state index contributed by atoms with van der Waals surface area (Å²) in [5.74, 6) is 8.98. The molecular weight excluding hydrogens is 1920 g/mol. The monoisotopic (exact) mass is 2080 g/mol. The van der Waals surface area contributed by atoms with Gasteiger partial charge in [-0.15, -0.1) is 63.1 Å². The normalized spacial score (nSPS) is 18.7. The van der Waals surface area contributed by atoms with Crippen LogP contribution in [-0.4, -0.2) is 29.8 Å². The number of halogens is 5. The van der Waals surface area contributed by atoms with E-state index in [4.69, 9.17) is 23.7 Å². The van der Waals surface area contributed by atoms with Gasteiger partial charge in [-0.3, -0.25) is 23.5 Å². The first-order chi connectivity index (χ1) is 68.3. The summed E-state index contributed by atoms with van der Waals surface area (Å²) in [6, 6.07) is 75.9. The van der Waals surface area contributed by atoms with Crippen LogP contribution in [0.2, 0.25) is 0 Å². The van der Waals surface area contributed by atoms with E-state index >= 15 is 0 Å². The molecule has 0 aromatic heterocycles. The molecule has 10 aromatic carbocycles. The van der Waals surface area contributed by atoms with E-state index in [9.17, 15) is 24.0 Å². The molecule has 0 spiro atoms. The Morgan fingerprint density at radius 1 is 0.186 bits per heavy atom. The first-order valence-corrected chi connectivity index (χ1v) is 56.1. The topological polar surface area (TPSA) is 132 Å². The van der Waals surface area contributed by atoms with Crippen molar-refractivity contribution in [1.29, 1.82) is 0 Å². The molecule has 10 aromatic rings. The fraction of sp³-hybridized carbons (Fsp3) is 0.480. The molecule has 0 amide bonds. The van der Waals surface area contributed by atoms with Crippen molar-refractivity contribution in [1.82, 2.24) is 0 Å². The lowest BCUT2D eigenvalue weighted by Gasteiger charge is -2.29. The number of esters is 5. The smallest absolute Gasteiger partial charge is 0.343 e. The van der Waals surface area contributed by atoms with Crippen LogP contribution in [0.4, 0.5) is 23.5 Å². The van der Waals surface area contributed by atoms with Crippen LogP contribution in [0.5, 0.6) is 28.7 Å². The minimum atomic E-state index is -0.311. The summed E-state index contributed by atoms with van der Waals surface area (Å²) in [7, 11) is 0. The first-order valence-electron chi connectivity index (χ1n) is 53.8. The summed E-state index contributed by atoms with van der Waals surface area (Å²) < 4.78 is 27.2. The van der Waals surface area contributed by atoms with Crippen LogP contribution in [0.15, 0.2) is 267 Å². The minimum absolute atomic E-state index is 0. The van der Waals surface area contributed by atoms with E-state index in [0.29, 0.717) is 86.2 Å². The van der Waals surface area contributed by atoms with Crippen molar-refractivity contribution in [2.45, 2.75) is 378 Å². The van der Waals surface area contributed by atoms with Crippen LogP contribution in [0.3, 0.4) is 0 Å². The van der Waals surface area contributed by atoms with E-state index in [1.807, 2.05) is 121 Å². The molecule has 5 fully saturated rings. The Labute approximate surface area is 891 Å². The summed E-state index contributed by atoms with van der Waals surface area (Å²) in [6.07, 6.45) is 60.8. The lowest BCUT2D eigenvalue weighted by atomic mass is 9.77. The van der Waals surface area contributed by atoms with Gasteiger partial charge < -0.3 is 23.7 Å². The van der Waals surface area contributed by atoms with Gasteiger partial charge in [0.15, 0.2) is 0 Å². The molecule has 0 heterocycles. The van der Waals surface area contributed by atoms with Crippen LogP contribution in [0, 0.1) is 29.6 Å². The third kappa shape index (κ3) is 44.7. The number of benzene rings is 10. The Kier molecular flexibility index (Phi) is 60.2. The average Bonchev–Trinajstić information content (AvgIpc) is 0.852. The number of rotatable bonds is 40. The van der Waals surface area contributed by atoms with Gasteiger partial charge in [-0.2, -0.15) is 0 Å². The van der Waals surface area contributed by atoms with E-state index in [1.54, 1.807) is 60.7 Å². The van der Waals surface area contributed by atoms with E-state index in [1.165, 1.54) is 317 Å². The Hall–Kier alpha value is -9.05. The molecule has 0 atom stereocenters. The van der Waals surface area contributed by atoms with Crippen molar-refractivity contribution in [2.24, 2.45) is 29.6 Å². The van der Waals surface area contributed by atoms with E-state index in [0.717, 1.165) is 54.1 Å². The van der Waals surface area contributed by atoms with Gasteiger partial charge in [-0.1, -0.05) is 256 Å². The molecule has 0 saturated heterocycles. The van der Waals surface area contributed by atoms with Crippen molar-refractivity contribution < 1.29 is 71.2 Å². The van der Waals surface area contributed by atoms with Crippen LogP contribution in [-0.2, 0) is 0 Å². The number of carbonyl (C=O) groups excluding carboxylic acids is 5. The summed E-state index contributed by atoms with van der Waals surface area (Å²) in [5, 5.41) is 0. The van der Waals surface area contributed by atoms with E-state index < -0.39 is 0 Å². The summed E-state index contributed by atoms with van der Waals surface area (Å²) in [5.41, 5.74) is 9.81. The zero-order valence-electron chi connectivity index (χ0n) is 86.5. The number of hydrogen-bond donors (Lipinski definition) is 5. The third-order valence-corrected chi connectivity index (χ3v) is 31.4. The van der Waals surface area contributed by atoms with Crippen molar-refractivity contribution in [3.8, 4) is 28.7 Å². The maximum atomic E-state index is 12.3. The quantitative estimate of drug-likeness (QED) is 0.00832. The fourth-order valence-corrected chi connectivity index (χ4v) is 21.8. The lowest BCUT2D eigenvalue weighted by Crippen LogP contribution is -2.14. The average molecular weight is 2080 g/mol. The largest absolute Gasteiger partial charge is 0.423 e. The summed E-state index contributed by atoms with van der Waals surface area (Å²) in [6.45, 7) is 11.4. The molecular formula is C125H165F5O10S5. The Morgan fingerprint density at radius 3 is 0.441 bits per heavy atom. The molecule has 0 bridgehead atoms. The number of ether oxygens (including phenoxy) is 5. The van der Waals surface area contributed by atoms with Gasteiger partial charge in [0.05, 0.1) is 27.8 Å². The van der Waals surface area contributed by atoms with Crippen molar-refractivity contribution >= 4 is 93.0 Å². The van der Waals surface area contributed by atoms with Crippen LogP contribution < -0.4 is 23.7 Å². The molecule has 790 valence electrons.